The molecule has 1 aromatic heterocycles. The normalized spacial score (nSPS) is 11.6. The van der Waals surface area contributed by atoms with E-state index in [1.807, 2.05) is 24.3 Å². The molecule has 0 spiro atoms. The molecule has 0 fully saturated rings. The highest BCUT2D eigenvalue weighted by Crippen LogP contribution is 2.32. The SMILES string of the molecule is Cc1ccc(-c2nnc(Nc3ccc(F)cc3)c3ccccc23)cc1S(=O)(=O)NCCO. The Morgan fingerprint density at radius 2 is 1.69 bits per heavy atom. The lowest BCUT2D eigenvalue weighted by Gasteiger charge is -2.13. The fourth-order valence-corrected chi connectivity index (χ4v) is 4.66. The van der Waals surface area contributed by atoms with Gasteiger partial charge in [0.05, 0.1) is 11.5 Å². The van der Waals surface area contributed by atoms with Gasteiger partial charge in [-0.2, -0.15) is 0 Å². The van der Waals surface area contributed by atoms with Crippen LogP contribution >= 0.6 is 0 Å². The number of nitrogens with zero attached hydrogens (tertiary/aromatic N) is 2. The molecule has 164 valence electrons. The molecule has 1 heterocycles. The number of rotatable bonds is 7. The number of hydrogen-bond donors (Lipinski definition) is 3. The van der Waals surface area contributed by atoms with Crippen LogP contribution in [0.3, 0.4) is 0 Å². The lowest BCUT2D eigenvalue weighted by molar-refractivity contribution is 0.301. The molecule has 0 unspecified atom stereocenters. The molecule has 4 aromatic rings. The number of benzene rings is 3. The number of hydrogen-bond acceptors (Lipinski definition) is 6. The highest BCUT2D eigenvalue weighted by molar-refractivity contribution is 7.89. The van der Waals surface area contributed by atoms with E-state index in [9.17, 15) is 12.8 Å². The van der Waals surface area contributed by atoms with Crippen molar-refractivity contribution in [1.82, 2.24) is 14.9 Å². The average molecular weight is 453 g/mol. The minimum atomic E-state index is -3.79. The monoisotopic (exact) mass is 452 g/mol. The molecule has 7 nitrogen and oxygen atoms in total. The van der Waals surface area contributed by atoms with Crippen molar-refractivity contribution in [3.63, 3.8) is 0 Å². The Hall–Kier alpha value is -3.40. The molecule has 0 amide bonds. The van der Waals surface area contributed by atoms with Gasteiger partial charge in [0.25, 0.3) is 0 Å². The van der Waals surface area contributed by atoms with Crippen LogP contribution in [0.1, 0.15) is 5.56 Å². The first-order valence-corrected chi connectivity index (χ1v) is 11.4. The third kappa shape index (κ3) is 4.45. The molecule has 0 aliphatic heterocycles. The summed E-state index contributed by atoms with van der Waals surface area (Å²) in [7, 11) is -3.79. The van der Waals surface area contributed by atoms with E-state index < -0.39 is 10.0 Å². The van der Waals surface area contributed by atoms with Crippen LogP contribution in [0.5, 0.6) is 0 Å². The zero-order chi connectivity index (χ0) is 22.7. The van der Waals surface area contributed by atoms with Crippen molar-refractivity contribution in [2.24, 2.45) is 0 Å². The van der Waals surface area contributed by atoms with E-state index in [1.54, 1.807) is 37.3 Å². The molecule has 0 aliphatic carbocycles. The maximum atomic E-state index is 13.2. The van der Waals surface area contributed by atoms with Gasteiger partial charge in [0.2, 0.25) is 10.0 Å². The van der Waals surface area contributed by atoms with Crippen molar-refractivity contribution >= 4 is 32.3 Å². The van der Waals surface area contributed by atoms with Crippen molar-refractivity contribution in [3.05, 3.63) is 78.1 Å². The highest BCUT2D eigenvalue weighted by Gasteiger charge is 2.19. The van der Waals surface area contributed by atoms with Crippen molar-refractivity contribution < 1.29 is 17.9 Å². The van der Waals surface area contributed by atoms with Gasteiger partial charge >= 0.3 is 0 Å². The Bertz CT molecular complexity index is 1380. The Morgan fingerprint density at radius 3 is 2.41 bits per heavy atom. The van der Waals surface area contributed by atoms with E-state index in [0.29, 0.717) is 28.3 Å². The molecule has 32 heavy (non-hydrogen) atoms. The molecular weight excluding hydrogens is 431 g/mol. The van der Waals surface area contributed by atoms with Gasteiger partial charge in [0.15, 0.2) is 5.82 Å². The largest absolute Gasteiger partial charge is 0.395 e. The van der Waals surface area contributed by atoms with Crippen molar-refractivity contribution in [2.75, 3.05) is 18.5 Å². The third-order valence-corrected chi connectivity index (χ3v) is 6.55. The molecule has 0 aliphatic rings. The van der Waals surface area contributed by atoms with Gasteiger partial charge in [-0.15, -0.1) is 10.2 Å². The fraction of sp³-hybridized carbons (Fsp3) is 0.130. The van der Waals surface area contributed by atoms with Crippen molar-refractivity contribution in [1.29, 1.82) is 0 Å². The van der Waals surface area contributed by atoms with Crippen LogP contribution in [-0.2, 0) is 10.0 Å². The first-order valence-electron chi connectivity index (χ1n) is 9.88. The van der Waals surface area contributed by atoms with Gasteiger partial charge in [-0.25, -0.2) is 17.5 Å². The quantitative estimate of drug-likeness (QED) is 0.394. The molecule has 0 atom stereocenters. The highest BCUT2D eigenvalue weighted by atomic mass is 32.2. The second-order valence-electron chi connectivity index (χ2n) is 7.18. The number of halogens is 1. The molecule has 0 saturated heterocycles. The fourth-order valence-electron chi connectivity index (χ4n) is 3.37. The number of fused-ring (bicyclic) bond motifs is 1. The maximum Gasteiger partial charge on any atom is 0.240 e. The minimum Gasteiger partial charge on any atom is -0.395 e. The lowest BCUT2D eigenvalue weighted by atomic mass is 10.0. The molecule has 0 saturated carbocycles. The first-order chi connectivity index (χ1) is 15.4. The number of aromatic nitrogens is 2. The summed E-state index contributed by atoms with van der Waals surface area (Å²) in [4.78, 5) is 0.114. The zero-order valence-corrected chi connectivity index (χ0v) is 18.0. The van der Waals surface area contributed by atoms with Gasteiger partial charge in [-0.3, -0.25) is 0 Å². The third-order valence-electron chi connectivity index (χ3n) is 4.95. The smallest absolute Gasteiger partial charge is 0.240 e. The van der Waals surface area contributed by atoms with E-state index in [1.165, 1.54) is 12.1 Å². The number of aliphatic hydroxyl groups is 1. The van der Waals surface area contributed by atoms with Gasteiger partial charge in [0.1, 0.15) is 11.5 Å². The maximum absolute atomic E-state index is 13.2. The topological polar surface area (TPSA) is 104 Å². The number of aliphatic hydroxyl groups excluding tert-OH is 1. The van der Waals surface area contributed by atoms with E-state index in [-0.39, 0.29) is 23.9 Å². The standard InChI is InChI=1S/C23H21FN4O3S/c1-15-6-7-16(14-21(15)32(30,31)25-12-13-29)22-19-4-2-3-5-20(19)23(28-27-22)26-18-10-8-17(24)9-11-18/h2-11,14,25,29H,12-13H2,1H3,(H,26,28). The molecular formula is C23H21FN4O3S. The molecule has 0 bridgehead atoms. The van der Waals surface area contributed by atoms with Crippen LogP contribution in [0.4, 0.5) is 15.9 Å². The predicted octanol–water partition coefficient (Wildman–Crippen LogP) is 3.76. The molecule has 3 aromatic carbocycles. The lowest BCUT2D eigenvalue weighted by Crippen LogP contribution is -2.27. The number of aryl methyl sites for hydroxylation is 1. The summed E-state index contributed by atoms with van der Waals surface area (Å²) in [6.45, 7) is 1.34. The number of nitrogens with one attached hydrogen (secondary N) is 2. The summed E-state index contributed by atoms with van der Waals surface area (Å²) in [6, 6.07) is 18.5. The van der Waals surface area contributed by atoms with Gasteiger partial charge in [-0.05, 0) is 42.8 Å². The van der Waals surface area contributed by atoms with Crippen LogP contribution in [0.15, 0.2) is 71.6 Å². The van der Waals surface area contributed by atoms with Gasteiger partial charge < -0.3 is 10.4 Å². The summed E-state index contributed by atoms with van der Waals surface area (Å²) >= 11 is 0. The molecule has 9 heteroatoms. The first kappa shape index (κ1) is 21.8. The van der Waals surface area contributed by atoms with E-state index in [4.69, 9.17) is 5.11 Å². The Labute approximate surface area is 185 Å². The van der Waals surface area contributed by atoms with Gasteiger partial charge in [-0.1, -0.05) is 36.4 Å². The molecule has 0 radical (unpaired) electrons. The Balaban J connectivity index is 1.79. The van der Waals surface area contributed by atoms with Crippen LogP contribution in [0.25, 0.3) is 22.0 Å². The van der Waals surface area contributed by atoms with Crippen LogP contribution < -0.4 is 10.0 Å². The van der Waals surface area contributed by atoms with Crippen LogP contribution in [-0.4, -0.2) is 36.9 Å². The number of anilines is 2. The summed E-state index contributed by atoms with van der Waals surface area (Å²) < 4.78 is 40.9. The minimum absolute atomic E-state index is 0.0709. The Morgan fingerprint density at radius 1 is 0.969 bits per heavy atom. The second kappa shape index (κ2) is 8.99. The molecule has 3 N–H and O–H groups in total. The van der Waals surface area contributed by atoms with E-state index in [2.05, 4.69) is 20.2 Å². The van der Waals surface area contributed by atoms with Crippen molar-refractivity contribution in [3.8, 4) is 11.3 Å². The Kier molecular flexibility index (Phi) is 6.13. The summed E-state index contributed by atoms with van der Waals surface area (Å²) in [6.07, 6.45) is 0. The van der Waals surface area contributed by atoms with E-state index >= 15 is 0 Å². The zero-order valence-electron chi connectivity index (χ0n) is 17.2. The summed E-state index contributed by atoms with van der Waals surface area (Å²) in [5.41, 5.74) is 2.36. The van der Waals surface area contributed by atoms with Crippen molar-refractivity contribution in [2.45, 2.75) is 11.8 Å². The van der Waals surface area contributed by atoms with Crippen LogP contribution in [0, 0.1) is 12.7 Å². The molecule has 4 rings (SSSR count). The summed E-state index contributed by atoms with van der Waals surface area (Å²) in [5, 5.41) is 22.4. The average Bonchev–Trinajstić information content (AvgIpc) is 2.80. The predicted molar refractivity (Wildman–Crippen MR) is 122 cm³/mol. The van der Waals surface area contributed by atoms with E-state index in [0.717, 1.165) is 10.8 Å². The summed E-state index contributed by atoms with van der Waals surface area (Å²) in [5.74, 6) is 0.168. The van der Waals surface area contributed by atoms with Gasteiger partial charge in [0, 0.05) is 28.6 Å². The second-order valence-corrected chi connectivity index (χ2v) is 8.91. The number of sulfonamides is 1. The van der Waals surface area contributed by atoms with Crippen LogP contribution in [0.2, 0.25) is 0 Å².